The monoisotopic (exact) mass is 435 g/mol. The van der Waals surface area contributed by atoms with Crippen molar-refractivity contribution >= 4 is 29.1 Å². The van der Waals surface area contributed by atoms with Gasteiger partial charge >= 0.3 is 0 Å². The molecule has 1 saturated heterocycles. The van der Waals surface area contributed by atoms with E-state index in [0.29, 0.717) is 12.6 Å². The fourth-order valence-corrected chi connectivity index (χ4v) is 4.77. The standard InChI is InChI=1S/C20H33N7S2/c1-16-24-25-19(26(16)2)15-23-20(21-9-7-12-28-3)22-14-17(18-8-6-13-29-18)27-10-4-5-11-27/h6,8,13,17H,4-5,7,9-12,14-15H2,1-3H3,(H2,21,22,23). The molecule has 0 saturated carbocycles. The van der Waals surface area contributed by atoms with Crippen LogP contribution in [0.1, 0.15) is 41.8 Å². The molecule has 0 radical (unpaired) electrons. The molecule has 1 aliphatic rings. The number of nitrogens with one attached hydrogen (secondary N) is 2. The molecule has 9 heteroatoms. The molecular weight excluding hydrogens is 402 g/mol. The molecule has 1 fully saturated rings. The number of likely N-dealkylation sites (tertiary alicyclic amines) is 1. The predicted octanol–water partition coefficient (Wildman–Crippen LogP) is 2.81. The Morgan fingerprint density at radius 2 is 2.14 bits per heavy atom. The lowest BCUT2D eigenvalue weighted by molar-refractivity contribution is 0.249. The Hall–Kier alpha value is -1.58. The second kappa shape index (κ2) is 11.6. The van der Waals surface area contributed by atoms with E-state index >= 15 is 0 Å². The van der Waals surface area contributed by atoms with Gasteiger partial charge in [0.2, 0.25) is 0 Å². The van der Waals surface area contributed by atoms with Gasteiger partial charge in [-0.25, -0.2) is 4.99 Å². The Kier molecular flexibility index (Phi) is 8.82. The second-order valence-electron chi connectivity index (χ2n) is 7.32. The van der Waals surface area contributed by atoms with Crippen LogP contribution >= 0.6 is 23.1 Å². The van der Waals surface area contributed by atoms with E-state index in [9.17, 15) is 0 Å². The first-order valence-corrected chi connectivity index (χ1v) is 12.6. The summed E-state index contributed by atoms with van der Waals surface area (Å²) in [6, 6.07) is 4.79. The van der Waals surface area contributed by atoms with Gasteiger partial charge < -0.3 is 15.2 Å². The van der Waals surface area contributed by atoms with Crippen LogP contribution in [-0.4, -0.2) is 63.8 Å². The number of nitrogens with zero attached hydrogens (tertiary/aromatic N) is 5. The number of guanidine groups is 1. The van der Waals surface area contributed by atoms with E-state index in [1.165, 1.54) is 30.8 Å². The Labute approximate surface area is 182 Å². The van der Waals surface area contributed by atoms with Crippen molar-refractivity contribution in [1.82, 2.24) is 30.3 Å². The number of aliphatic imine (C=N–C) groups is 1. The minimum Gasteiger partial charge on any atom is -0.356 e. The van der Waals surface area contributed by atoms with Gasteiger partial charge in [-0.2, -0.15) is 11.8 Å². The molecule has 2 N–H and O–H groups in total. The first kappa shape index (κ1) is 22.1. The van der Waals surface area contributed by atoms with E-state index < -0.39 is 0 Å². The molecule has 1 unspecified atom stereocenters. The van der Waals surface area contributed by atoms with Crippen molar-refractivity contribution in [2.24, 2.45) is 12.0 Å². The number of aryl methyl sites for hydroxylation is 1. The molecule has 3 rings (SSSR count). The van der Waals surface area contributed by atoms with Gasteiger partial charge in [-0.1, -0.05) is 6.07 Å². The molecule has 0 spiro atoms. The van der Waals surface area contributed by atoms with Gasteiger partial charge in [0.15, 0.2) is 11.8 Å². The van der Waals surface area contributed by atoms with E-state index in [-0.39, 0.29) is 0 Å². The van der Waals surface area contributed by atoms with Gasteiger partial charge in [-0.3, -0.25) is 4.90 Å². The summed E-state index contributed by atoms with van der Waals surface area (Å²) in [7, 11) is 1.99. The van der Waals surface area contributed by atoms with E-state index in [1.54, 1.807) is 0 Å². The summed E-state index contributed by atoms with van der Waals surface area (Å²) in [6.07, 6.45) is 5.85. The highest BCUT2D eigenvalue weighted by Crippen LogP contribution is 2.27. The highest BCUT2D eigenvalue weighted by Gasteiger charge is 2.24. The highest BCUT2D eigenvalue weighted by molar-refractivity contribution is 7.98. The van der Waals surface area contributed by atoms with E-state index in [0.717, 1.165) is 42.9 Å². The van der Waals surface area contributed by atoms with Crippen LogP contribution in [0.2, 0.25) is 0 Å². The molecule has 29 heavy (non-hydrogen) atoms. The van der Waals surface area contributed by atoms with E-state index in [4.69, 9.17) is 4.99 Å². The van der Waals surface area contributed by atoms with Crippen LogP contribution in [0.4, 0.5) is 0 Å². The van der Waals surface area contributed by atoms with Crippen molar-refractivity contribution in [2.45, 2.75) is 38.8 Å². The quantitative estimate of drug-likeness (QED) is 0.340. The van der Waals surface area contributed by atoms with Gasteiger partial charge in [-0.05, 0) is 62.7 Å². The third-order valence-corrected chi connectivity index (χ3v) is 6.97. The van der Waals surface area contributed by atoms with Crippen LogP contribution in [0.3, 0.4) is 0 Å². The van der Waals surface area contributed by atoms with Crippen molar-refractivity contribution in [2.75, 3.05) is 38.2 Å². The van der Waals surface area contributed by atoms with Crippen LogP contribution in [0, 0.1) is 6.92 Å². The molecule has 0 aromatic carbocycles. The third-order valence-electron chi connectivity index (χ3n) is 5.29. The topological polar surface area (TPSA) is 70.4 Å². The van der Waals surface area contributed by atoms with Crippen molar-refractivity contribution in [3.63, 3.8) is 0 Å². The maximum atomic E-state index is 4.79. The maximum absolute atomic E-state index is 4.79. The van der Waals surface area contributed by atoms with Crippen LogP contribution in [0.15, 0.2) is 22.5 Å². The normalized spacial score (nSPS) is 16.3. The molecule has 0 amide bonds. The lowest BCUT2D eigenvalue weighted by Crippen LogP contribution is -2.43. The summed E-state index contributed by atoms with van der Waals surface area (Å²) < 4.78 is 1.99. The fourth-order valence-electron chi connectivity index (χ4n) is 3.47. The van der Waals surface area contributed by atoms with Crippen LogP contribution in [-0.2, 0) is 13.6 Å². The summed E-state index contributed by atoms with van der Waals surface area (Å²) in [5, 5.41) is 17.6. The summed E-state index contributed by atoms with van der Waals surface area (Å²) >= 11 is 3.72. The average molecular weight is 436 g/mol. The zero-order chi connectivity index (χ0) is 20.5. The smallest absolute Gasteiger partial charge is 0.191 e. The Bertz CT molecular complexity index is 751. The van der Waals surface area contributed by atoms with E-state index in [1.807, 2.05) is 41.6 Å². The van der Waals surface area contributed by atoms with Crippen LogP contribution in [0.5, 0.6) is 0 Å². The van der Waals surface area contributed by atoms with Crippen LogP contribution < -0.4 is 10.6 Å². The number of hydrogen-bond donors (Lipinski definition) is 2. The summed E-state index contributed by atoms with van der Waals surface area (Å²) in [4.78, 5) is 8.81. The number of hydrogen-bond acceptors (Lipinski definition) is 6. The van der Waals surface area contributed by atoms with Crippen molar-refractivity contribution in [3.8, 4) is 0 Å². The molecule has 1 aliphatic heterocycles. The fraction of sp³-hybridized carbons (Fsp3) is 0.650. The number of aromatic nitrogens is 3. The van der Waals surface area contributed by atoms with Gasteiger partial charge in [0.1, 0.15) is 12.4 Å². The van der Waals surface area contributed by atoms with Gasteiger partial charge in [0.25, 0.3) is 0 Å². The molecular formula is C20H33N7S2. The SMILES string of the molecule is CSCCCNC(=NCc1nnc(C)n1C)NCC(c1cccs1)N1CCCC1. The summed E-state index contributed by atoms with van der Waals surface area (Å²) in [5.41, 5.74) is 0. The molecule has 1 atom stereocenters. The van der Waals surface area contributed by atoms with Gasteiger partial charge in [-0.15, -0.1) is 21.5 Å². The second-order valence-corrected chi connectivity index (χ2v) is 9.28. The Morgan fingerprint density at radius 3 is 2.79 bits per heavy atom. The minimum absolute atomic E-state index is 0.396. The van der Waals surface area contributed by atoms with Crippen molar-refractivity contribution < 1.29 is 0 Å². The molecule has 3 heterocycles. The lowest BCUT2D eigenvalue weighted by atomic mass is 10.2. The number of rotatable bonds is 10. The van der Waals surface area contributed by atoms with E-state index in [2.05, 4.69) is 49.5 Å². The summed E-state index contributed by atoms with van der Waals surface area (Å²) in [6.45, 7) is 6.60. The largest absolute Gasteiger partial charge is 0.356 e. The lowest BCUT2D eigenvalue weighted by Gasteiger charge is -2.27. The molecule has 2 aromatic rings. The molecule has 0 bridgehead atoms. The third kappa shape index (κ3) is 6.45. The van der Waals surface area contributed by atoms with Crippen molar-refractivity contribution in [1.29, 1.82) is 0 Å². The zero-order valence-corrected chi connectivity index (χ0v) is 19.4. The first-order chi connectivity index (χ1) is 14.2. The zero-order valence-electron chi connectivity index (χ0n) is 17.7. The molecule has 7 nitrogen and oxygen atoms in total. The van der Waals surface area contributed by atoms with Crippen molar-refractivity contribution in [3.05, 3.63) is 34.0 Å². The number of thioether (sulfide) groups is 1. The highest BCUT2D eigenvalue weighted by atomic mass is 32.2. The molecule has 0 aliphatic carbocycles. The maximum Gasteiger partial charge on any atom is 0.191 e. The minimum atomic E-state index is 0.396. The van der Waals surface area contributed by atoms with Crippen LogP contribution in [0.25, 0.3) is 0 Å². The van der Waals surface area contributed by atoms with Gasteiger partial charge in [0, 0.05) is 25.0 Å². The summed E-state index contributed by atoms with van der Waals surface area (Å²) in [5.74, 6) is 3.79. The molecule has 160 valence electrons. The predicted molar refractivity (Wildman–Crippen MR) is 124 cm³/mol. The Morgan fingerprint density at radius 1 is 1.31 bits per heavy atom. The first-order valence-electron chi connectivity index (χ1n) is 10.3. The Balaban J connectivity index is 1.65. The number of thiophene rings is 1. The average Bonchev–Trinajstić information content (AvgIpc) is 3.49. The van der Waals surface area contributed by atoms with Gasteiger partial charge in [0.05, 0.1) is 6.04 Å². The molecule has 2 aromatic heterocycles.